The lowest BCUT2D eigenvalue weighted by atomic mass is 9.80. The van der Waals surface area contributed by atoms with Crippen LogP contribution in [0.25, 0.3) is 55.7 Å². The van der Waals surface area contributed by atoms with Gasteiger partial charge in [-0.05, 0) is 101 Å². The molecule has 0 aliphatic carbocycles. The first-order valence-corrected chi connectivity index (χ1v) is 30.3. The number of aromatic nitrogens is 8. The molecule has 0 atom stereocenters. The number of morpholine rings is 2. The molecule has 18 nitrogen and oxygen atoms in total. The number of hydrogen-bond donors (Lipinski definition) is 2. The molecule has 3 fully saturated rings. The van der Waals surface area contributed by atoms with Gasteiger partial charge in [0.05, 0.1) is 123 Å². The van der Waals surface area contributed by atoms with E-state index in [1.165, 1.54) is 50.9 Å². The topological polar surface area (TPSA) is 189 Å². The number of anilines is 6. The van der Waals surface area contributed by atoms with Gasteiger partial charge in [0.15, 0.2) is 11.6 Å². The standard InChI is InChI=1S/C30H25F3N6O2.C24H20F2IN5O.C12H17BFNO3/c1-17-28(23-5-3-4-6-34-23)38-25-13-19(31)12-21(32)27(25)29(17)37-24-14-26(39-7-9-41-10-8-39)35-16-20(24)18-11-22(33)30(40-2)36-15-18;1-14-23(18-4-2-3-5-28-18)31-20-11-15(25)10-16(26)22(20)24(14)30-19-12-21(29-13-17(19)27)32-6-8-33-9-7-32;1-11(2)12(3,4)18-13(17-11)8-6-9(14)10(16-5)15-7-8/h3-6,11-16H,7-10H2,1-2H3,(H,35,37,38);2-5,10-13H,6-9H2,1H3,(H,29,30,31);6-7H,1-5H3. The van der Waals surface area contributed by atoms with Crippen molar-refractivity contribution in [3.05, 3.63) is 172 Å². The number of rotatable bonds is 12. The fourth-order valence-corrected chi connectivity index (χ4v) is 11.0. The molecule has 2 aromatic carbocycles. The molecule has 0 unspecified atom stereocenters. The van der Waals surface area contributed by atoms with Gasteiger partial charge in [-0.15, -0.1) is 0 Å². The molecular weight excluding hydrogens is 1310 g/mol. The highest BCUT2D eigenvalue weighted by Gasteiger charge is 2.52. The van der Waals surface area contributed by atoms with Crippen LogP contribution in [-0.2, 0) is 18.8 Å². The zero-order valence-electron chi connectivity index (χ0n) is 51.3. The second-order valence-electron chi connectivity index (χ2n) is 22.5. The van der Waals surface area contributed by atoms with Gasteiger partial charge >= 0.3 is 7.12 Å². The van der Waals surface area contributed by atoms with Crippen LogP contribution < -0.4 is 35.4 Å². The van der Waals surface area contributed by atoms with Gasteiger partial charge in [0, 0.05) is 127 Å². The molecular formula is C66H62BF6IN12O6. The minimum absolute atomic E-state index is 0.0322. The van der Waals surface area contributed by atoms with E-state index in [0.717, 1.165) is 40.3 Å². The maximum absolute atomic E-state index is 15.4. The van der Waals surface area contributed by atoms with E-state index in [0.29, 0.717) is 113 Å². The fraction of sp³-hybridized carbons (Fsp3) is 0.273. The molecule has 0 amide bonds. The highest BCUT2D eigenvalue weighted by molar-refractivity contribution is 14.1. The predicted octanol–water partition coefficient (Wildman–Crippen LogP) is 13.1. The Morgan fingerprint density at radius 2 is 1.00 bits per heavy atom. The summed E-state index contributed by atoms with van der Waals surface area (Å²) in [6.07, 6.45) is 9.67. The first kappa shape index (κ1) is 64.7. The molecule has 8 aromatic heterocycles. The van der Waals surface area contributed by atoms with Crippen LogP contribution in [-0.4, -0.2) is 125 Å². The molecule has 0 bridgehead atoms. The Bertz CT molecular complexity index is 4330. The molecule has 92 heavy (non-hydrogen) atoms. The summed E-state index contributed by atoms with van der Waals surface area (Å²) in [6, 6.07) is 21.4. The molecule has 13 rings (SSSR count). The number of benzene rings is 2. The number of fused-ring (bicyclic) bond motifs is 2. The maximum Gasteiger partial charge on any atom is 0.496 e. The average molecular weight is 1370 g/mol. The smallest absolute Gasteiger partial charge is 0.479 e. The second-order valence-corrected chi connectivity index (χ2v) is 23.7. The van der Waals surface area contributed by atoms with Crippen molar-refractivity contribution < 1.29 is 54.6 Å². The van der Waals surface area contributed by atoms with Gasteiger partial charge in [0.2, 0.25) is 11.8 Å². The Hall–Kier alpha value is -8.83. The summed E-state index contributed by atoms with van der Waals surface area (Å²) in [6.45, 7) is 16.6. The minimum Gasteiger partial charge on any atom is -0.479 e. The van der Waals surface area contributed by atoms with Gasteiger partial charge in [0.25, 0.3) is 0 Å². The quantitative estimate of drug-likeness (QED) is 0.0667. The Morgan fingerprint density at radius 3 is 1.47 bits per heavy atom. The fourth-order valence-electron chi connectivity index (χ4n) is 10.6. The van der Waals surface area contributed by atoms with E-state index in [-0.39, 0.29) is 33.6 Å². The van der Waals surface area contributed by atoms with Crippen molar-refractivity contribution in [1.29, 1.82) is 0 Å². The van der Waals surface area contributed by atoms with Crippen molar-refractivity contribution in [1.82, 2.24) is 39.9 Å². The lowest BCUT2D eigenvalue weighted by Crippen LogP contribution is -2.41. The van der Waals surface area contributed by atoms with Gasteiger partial charge < -0.3 is 48.7 Å². The van der Waals surface area contributed by atoms with E-state index >= 15 is 8.78 Å². The third-order valence-corrected chi connectivity index (χ3v) is 16.9. The summed E-state index contributed by atoms with van der Waals surface area (Å²) in [5, 5.41) is 7.11. The highest BCUT2D eigenvalue weighted by atomic mass is 127. The molecule has 3 aliphatic heterocycles. The lowest BCUT2D eigenvalue weighted by molar-refractivity contribution is 0.00578. The number of pyridine rings is 8. The van der Waals surface area contributed by atoms with Crippen LogP contribution in [0.2, 0.25) is 0 Å². The number of hydrogen-bond acceptors (Lipinski definition) is 18. The lowest BCUT2D eigenvalue weighted by Gasteiger charge is -2.32. The molecule has 2 N–H and O–H groups in total. The van der Waals surface area contributed by atoms with Crippen LogP contribution in [0.3, 0.4) is 0 Å². The van der Waals surface area contributed by atoms with E-state index in [1.807, 2.05) is 71.0 Å². The first-order valence-electron chi connectivity index (χ1n) is 29.2. The molecule has 11 heterocycles. The van der Waals surface area contributed by atoms with E-state index in [4.69, 9.17) is 28.3 Å². The maximum atomic E-state index is 15.4. The SMILES string of the molecule is COc1ncc(-c2cnc(N3CCOCC3)cc2Nc2c(C)c(-c3ccccn3)nc3cc(F)cc(F)c23)cc1F.COc1ncc(B2OC(C)(C)C(C)(C)O2)cc1F.Cc1c(-c2ccccn2)nc2cc(F)cc(F)c2c1Nc1cc(N2CCOCC2)ncc1I. The van der Waals surface area contributed by atoms with E-state index in [1.54, 1.807) is 43.8 Å². The van der Waals surface area contributed by atoms with Crippen molar-refractivity contribution in [2.24, 2.45) is 0 Å². The Labute approximate surface area is 540 Å². The van der Waals surface area contributed by atoms with Crippen molar-refractivity contribution in [3.8, 4) is 45.7 Å². The molecule has 3 saturated heterocycles. The van der Waals surface area contributed by atoms with Crippen LogP contribution in [0, 0.1) is 52.3 Å². The third kappa shape index (κ3) is 13.8. The zero-order valence-corrected chi connectivity index (χ0v) is 53.5. The van der Waals surface area contributed by atoms with Gasteiger partial charge in [-0.25, -0.2) is 56.2 Å². The summed E-state index contributed by atoms with van der Waals surface area (Å²) in [4.78, 5) is 39.3. The van der Waals surface area contributed by atoms with Gasteiger partial charge in [-0.3, -0.25) is 9.97 Å². The van der Waals surface area contributed by atoms with Crippen molar-refractivity contribution in [2.75, 3.05) is 87.3 Å². The Kier molecular flexibility index (Phi) is 19.4. The Morgan fingerprint density at radius 1 is 0.533 bits per heavy atom. The molecule has 474 valence electrons. The van der Waals surface area contributed by atoms with Gasteiger partial charge in [-0.2, -0.15) is 0 Å². The first-order chi connectivity index (χ1) is 44.2. The average Bonchev–Trinajstić information content (AvgIpc) is 0.910. The van der Waals surface area contributed by atoms with E-state index < -0.39 is 53.2 Å². The number of ether oxygens (including phenoxy) is 4. The summed E-state index contributed by atoms with van der Waals surface area (Å²) < 4.78 is 120. The number of nitrogens with zero attached hydrogens (tertiary/aromatic N) is 10. The molecule has 26 heteroatoms. The molecule has 0 radical (unpaired) electrons. The van der Waals surface area contributed by atoms with Crippen LogP contribution >= 0.6 is 22.6 Å². The van der Waals surface area contributed by atoms with Crippen molar-refractivity contribution >= 4 is 91.4 Å². The summed E-state index contributed by atoms with van der Waals surface area (Å²) in [7, 11) is 2.10. The van der Waals surface area contributed by atoms with E-state index in [2.05, 4.69) is 82.9 Å². The van der Waals surface area contributed by atoms with Crippen LogP contribution in [0.4, 0.5) is 60.7 Å². The van der Waals surface area contributed by atoms with Gasteiger partial charge in [-0.1, -0.05) is 12.1 Å². The predicted molar refractivity (Wildman–Crippen MR) is 349 cm³/mol. The molecule has 0 saturated carbocycles. The molecule has 0 spiro atoms. The van der Waals surface area contributed by atoms with Crippen molar-refractivity contribution in [2.45, 2.75) is 52.7 Å². The minimum atomic E-state index is -0.771. The highest BCUT2D eigenvalue weighted by Crippen LogP contribution is 2.42. The zero-order chi connectivity index (χ0) is 65.0. The van der Waals surface area contributed by atoms with Crippen LogP contribution in [0.5, 0.6) is 11.8 Å². The normalized spacial score (nSPS) is 15.1. The van der Waals surface area contributed by atoms with E-state index in [9.17, 15) is 17.6 Å². The molecule has 3 aliphatic rings. The molecule has 10 aromatic rings. The summed E-state index contributed by atoms with van der Waals surface area (Å²) in [5.41, 5.74) is 6.63. The Balaban J connectivity index is 0.000000152. The number of nitrogens with one attached hydrogen (secondary N) is 2. The van der Waals surface area contributed by atoms with Gasteiger partial charge in [0.1, 0.15) is 34.9 Å². The van der Waals surface area contributed by atoms with Crippen molar-refractivity contribution in [3.63, 3.8) is 0 Å². The second kappa shape index (κ2) is 27.6. The number of halogens is 7. The summed E-state index contributed by atoms with van der Waals surface area (Å²) in [5.74, 6) is -2.73. The van der Waals surface area contributed by atoms with Crippen LogP contribution in [0.15, 0.2) is 122 Å². The summed E-state index contributed by atoms with van der Waals surface area (Å²) >= 11 is 2.19. The largest absolute Gasteiger partial charge is 0.496 e. The monoisotopic (exact) mass is 1370 g/mol. The van der Waals surface area contributed by atoms with Crippen LogP contribution in [0.1, 0.15) is 38.8 Å². The third-order valence-electron chi connectivity index (χ3n) is 16.1. The number of methoxy groups -OCH3 is 2.